The predicted molar refractivity (Wildman–Crippen MR) is 77.9 cm³/mol. The van der Waals surface area contributed by atoms with E-state index in [9.17, 15) is 18.5 Å². The average molecular weight is 328 g/mol. The molecule has 7 nitrogen and oxygen atoms in total. The van der Waals surface area contributed by atoms with Gasteiger partial charge in [-0.1, -0.05) is 23.7 Å². The van der Waals surface area contributed by atoms with E-state index in [-0.39, 0.29) is 21.6 Å². The molecule has 0 atom stereocenters. The highest BCUT2D eigenvalue weighted by Gasteiger charge is 2.20. The lowest BCUT2D eigenvalue weighted by Crippen LogP contribution is -2.14. The Morgan fingerprint density at radius 1 is 1.29 bits per heavy atom. The van der Waals surface area contributed by atoms with Crippen molar-refractivity contribution in [1.82, 2.24) is 4.98 Å². The van der Waals surface area contributed by atoms with E-state index in [1.807, 2.05) is 0 Å². The van der Waals surface area contributed by atoms with Crippen molar-refractivity contribution in [1.29, 1.82) is 0 Å². The van der Waals surface area contributed by atoms with Crippen LogP contribution in [-0.2, 0) is 10.0 Å². The van der Waals surface area contributed by atoms with Crippen LogP contribution in [0.15, 0.2) is 41.3 Å². The lowest BCUT2D eigenvalue weighted by atomic mass is 10.2. The van der Waals surface area contributed by atoms with Gasteiger partial charge in [-0.15, -0.1) is 0 Å². The summed E-state index contributed by atoms with van der Waals surface area (Å²) in [5, 5.41) is 11.0. The minimum atomic E-state index is -3.98. The molecule has 0 aliphatic rings. The maximum absolute atomic E-state index is 12.2. The van der Waals surface area contributed by atoms with Crippen LogP contribution in [0.2, 0.25) is 5.15 Å². The van der Waals surface area contributed by atoms with Crippen molar-refractivity contribution in [3.05, 3.63) is 57.2 Å². The molecule has 0 radical (unpaired) electrons. The van der Waals surface area contributed by atoms with Gasteiger partial charge in [0.2, 0.25) is 0 Å². The average Bonchev–Trinajstić information content (AvgIpc) is 2.38. The Kier molecular flexibility index (Phi) is 4.10. The number of pyridine rings is 1. The van der Waals surface area contributed by atoms with Crippen LogP contribution in [0, 0.1) is 17.0 Å². The number of aryl methyl sites for hydroxylation is 1. The van der Waals surface area contributed by atoms with Crippen LogP contribution in [0.25, 0.3) is 0 Å². The minimum Gasteiger partial charge on any atom is -0.263 e. The Morgan fingerprint density at radius 3 is 2.62 bits per heavy atom. The third-order valence-corrected chi connectivity index (χ3v) is 4.20. The molecule has 0 saturated carbocycles. The summed E-state index contributed by atoms with van der Waals surface area (Å²) in [6.45, 7) is 1.53. The van der Waals surface area contributed by atoms with Crippen molar-refractivity contribution < 1.29 is 13.3 Å². The molecule has 0 unspecified atom stereocenters. The molecule has 0 aliphatic heterocycles. The number of hydrogen-bond donors (Lipinski definition) is 1. The highest BCUT2D eigenvalue weighted by atomic mass is 35.5. The number of nitro groups is 1. The van der Waals surface area contributed by atoms with E-state index in [4.69, 9.17) is 11.6 Å². The second-order valence-corrected chi connectivity index (χ2v) is 6.23. The summed E-state index contributed by atoms with van der Waals surface area (Å²) in [6.07, 6.45) is 0. The fraction of sp³-hybridized carbons (Fsp3) is 0.0833. The summed E-state index contributed by atoms with van der Waals surface area (Å²) in [6, 6.07) is 8.11. The first-order valence-electron chi connectivity index (χ1n) is 5.70. The van der Waals surface area contributed by atoms with Gasteiger partial charge < -0.3 is 0 Å². The van der Waals surface area contributed by atoms with Gasteiger partial charge in [0.15, 0.2) is 0 Å². The molecule has 0 fully saturated rings. The fourth-order valence-corrected chi connectivity index (χ4v) is 2.80. The van der Waals surface area contributed by atoms with Crippen molar-refractivity contribution in [2.75, 3.05) is 4.72 Å². The number of anilines is 1. The third-order valence-electron chi connectivity index (χ3n) is 2.64. The van der Waals surface area contributed by atoms with Gasteiger partial charge in [0.05, 0.1) is 9.82 Å². The van der Waals surface area contributed by atoms with Gasteiger partial charge in [0, 0.05) is 11.6 Å². The number of halogens is 1. The number of hydrogen-bond acceptors (Lipinski definition) is 5. The Balaban J connectivity index is 2.40. The Hall–Kier alpha value is -2.19. The summed E-state index contributed by atoms with van der Waals surface area (Å²) in [7, 11) is -3.98. The number of aromatic nitrogens is 1. The van der Waals surface area contributed by atoms with Gasteiger partial charge in [0.1, 0.15) is 11.0 Å². The molecule has 2 aromatic rings. The van der Waals surface area contributed by atoms with E-state index < -0.39 is 14.9 Å². The maximum Gasteiger partial charge on any atom is 0.273 e. The summed E-state index contributed by atoms with van der Waals surface area (Å²) in [4.78, 5) is 13.8. The Morgan fingerprint density at radius 2 is 2.00 bits per heavy atom. The molecule has 9 heteroatoms. The standard InChI is InChI=1S/C12H10ClN3O4S/c1-8-5-6-9(7-10(8)16(17)18)21(19,20)15-12-4-2-3-11(13)14-12/h2-7H,1H3,(H,14,15). The molecule has 1 aromatic heterocycles. The highest BCUT2D eigenvalue weighted by Crippen LogP contribution is 2.23. The molecular weight excluding hydrogens is 318 g/mol. The van der Waals surface area contributed by atoms with Crippen molar-refractivity contribution in [2.45, 2.75) is 11.8 Å². The van der Waals surface area contributed by atoms with Gasteiger partial charge in [-0.05, 0) is 25.1 Å². The van der Waals surface area contributed by atoms with Crippen molar-refractivity contribution >= 4 is 33.1 Å². The topological polar surface area (TPSA) is 102 Å². The molecule has 1 aromatic carbocycles. The molecule has 1 heterocycles. The van der Waals surface area contributed by atoms with Crippen molar-refractivity contribution in [3.63, 3.8) is 0 Å². The first kappa shape index (κ1) is 15.2. The zero-order valence-electron chi connectivity index (χ0n) is 10.8. The normalized spacial score (nSPS) is 11.1. The zero-order valence-corrected chi connectivity index (χ0v) is 12.4. The number of nitro benzene ring substituents is 1. The van der Waals surface area contributed by atoms with E-state index >= 15 is 0 Å². The van der Waals surface area contributed by atoms with E-state index in [1.54, 1.807) is 0 Å². The lowest BCUT2D eigenvalue weighted by molar-refractivity contribution is -0.385. The lowest BCUT2D eigenvalue weighted by Gasteiger charge is -2.08. The van der Waals surface area contributed by atoms with E-state index in [0.717, 1.165) is 6.07 Å². The highest BCUT2D eigenvalue weighted by molar-refractivity contribution is 7.92. The Bertz CT molecular complexity index is 808. The number of benzene rings is 1. The van der Waals surface area contributed by atoms with E-state index in [0.29, 0.717) is 5.56 Å². The number of sulfonamides is 1. The second kappa shape index (κ2) is 5.66. The number of nitrogens with zero attached hydrogens (tertiary/aromatic N) is 2. The van der Waals surface area contributed by atoms with Gasteiger partial charge >= 0.3 is 0 Å². The van der Waals surface area contributed by atoms with Crippen LogP contribution in [0.4, 0.5) is 11.5 Å². The van der Waals surface area contributed by atoms with Crippen LogP contribution in [0.5, 0.6) is 0 Å². The molecule has 2 rings (SSSR count). The minimum absolute atomic E-state index is 0.0331. The SMILES string of the molecule is Cc1ccc(S(=O)(=O)Nc2cccc(Cl)n2)cc1[N+](=O)[O-]. The molecule has 110 valence electrons. The van der Waals surface area contributed by atoms with Crippen LogP contribution >= 0.6 is 11.6 Å². The Labute approximate surface area is 125 Å². The molecule has 0 aliphatic carbocycles. The molecule has 0 bridgehead atoms. The van der Waals surface area contributed by atoms with E-state index in [2.05, 4.69) is 9.71 Å². The smallest absolute Gasteiger partial charge is 0.263 e. The van der Waals surface area contributed by atoms with Gasteiger partial charge in [-0.25, -0.2) is 13.4 Å². The van der Waals surface area contributed by atoms with Crippen LogP contribution in [0.1, 0.15) is 5.56 Å². The number of rotatable bonds is 4. The largest absolute Gasteiger partial charge is 0.273 e. The van der Waals surface area contributed by atoms with Crippen LogP contribution in [-0.4, -0.2) is 18.3 Å². The van der Waals surface area contributed by atoms with E-state index in [1.165, 1.54) is 37.3 Å². The van der Waals surface area contributed by atoms with Crippen molar-refractivity contribution in [3.8, 4) is 0 Å². The molecule has 1 N–H and O–H groups in total. The summed E-state index contributed by atoms with van der Waals surface area (Å²) in [5.74, 6) is 0.0331. The predicted octanol–water partition coefficient (Wildman–Crippen LogP) is 2.75. The van der Waals surface area contributed by atoms with Crippen LogP contribution < -0.4 is 4.72 Å². The maximum atomic E-state index is 12.2. The molecule has 21 heavy (non-hydrogen) atoms. The quantitative estimate of drug-likeness (QED) is 0.528. The molecule has 0 amide bonds. The summed E-state index contributed by atoms with van der Waals surface area (Å²) >= 11 is 5.67. The summed E-state index contributed by atoms with van der Waals surface area (Å²) in [5.41, 5.74) is 0.108. The van der Waals surface area contributed by atoms with Gasteiger partial charge in [-0.2, -0.15) is 0 Å². The van der Waals surface area contributed by atoms with Crippen molar-refractivity contribution in [2.24, 2.45) is 0 Å². The summed E-state index contributed by atoms with van der Waals surface area (Å²) < 4.78 is 26.6. The van der Waals surface area contributed by atoms with Gasteiger partial charge in [-0.3, -0.25) is 14.8 Å². The monoisotopic (exact) mass is 327 g/mol. The molecule has 0 saturated heterocycles. The molecular formula is C12H10ClN3O4S. The first-order chi connectivity index (χ1) is 9.79. The zero-order chi connectivity index (χ0) is 15.6. The van der Waals surface area contributed by atoms with Gasteiger partial charge in [0.25, 0.3) is 15.7 Å². The molecule has 0 spiro atoms. The fourth-order valence-electron chi connectivity index (χ4n) is 1.61. The third kappa shape index (κ3) is 3.47. The number of nitrogens with one attached hydrogen (secondary N) is 1. The second-order valence-electron chi connectivity index (χ2n) is 4.16. The first-order valence-corrected chi connectivity index (χ1v) is 7.56. The van der Waals surface area contributed by atoms with Crippen LogP contribution in [0.3, 0.4) is 0 Å².